The maximum absolute atomic E-state index is 4.86. The first-order chi connectivity index (χ1) is 19.8. The second-order valence-corrected chi connectivity index (χ2v) is 13.7. The van der Waals surface area contributed by atoms with Crippen molar-refractivity contribution in [2.75, 3.05) is 0 Å². The van der Waals surface area contributed by atoms with Crippen LogP contribution in [0.25, 0.3) is 44.8 Å². The van der Waals surface area contributed by atoms with Crippen LogP contribution in [0.15, 0.2) is 84.9 Å². The van der Waals surface area contributed by atoms with Gasteiger partial charge in [0.15, 0.2) is 11.6 Å². The summed E-state index contributed by atoms with van der Waals surface area (Å²) < 4.78 is 1.91. The summed E-state index contributed by atoms with van der Waals surface area (Å²) >= 11 is 0. The lowest BCUT2D eigenvalue weighted by Gasteiger charge is -2.21. The lowest BCUT2D eigenvalue weighted by Crippen LogP contribution is -2.10. The zero-order valence-electron chi connectivity index (χ0n) is 26.8. The number of aromatic nitrogens is 3. The number of rotatable bonds is 6. The maximum atomic E-state index is 4.86. The molecule has 0 atom stereocenters. The highest BCUT2D eigenvalue weighted by molar-refractivity contribution is 5.85. The number of hydrogen-bond donors (Lipinski definition) is 0. The van der Waals surface area contributed by atoms with Crippen LogP contribution >= 0.6 is 0 Å². The molecule has 0 fully saturated rings. The van der Waals surface area contributed by atoms with Gasteiger partial charge in [0, 0.05) is 19.0 Å². The Morgan fingerprint density at radius 3 is 1.60 bits per heavy atom. The molecule has 0 unspecified atom stereocenters. The smallest absolute Gasteiger partial charge is 0.158 e. The molecule has 0 saturated heterocycles. The van der Waals surface area contributed by atoms with E-state index in [0.29, 0.717) is 0 Å². The quantitative estimate of drug-likeness (QED) is 0.209. The van der Waals surface area contributed by atoms with E-state index in [-0.39, 0.29) is 10.8 Å². The van der Waals surface area contributed by atoms with Crippen molar-refractivity contribution in [2.24, 2.45) is 7.05 Å². The monoisotopic (exact) mass is 555 g/mol. The molecule has 0 N–H and O–H groups in total. The Balaban J connectivity index is 1.66. The van der Waals surface area contributed by atoms with Gasteiger partial charge >= 0.3 is 0 Å². The second kappa shape index (κ2) is 11.4. The number of hydrogen-bond acceptors (Lipinski definition) is 2. The summed E-state index contributed by atoms with van der Waals surface area (Å²) in [5.74, 6) is 1.81. The van der Waals surface area contributed by atoms with Gasteiger partial charge in [-0.05, 0) is 92.4 Å². The van der Waals surface area contributed by atoms with Crippen molar-refractivity contribution in [2.45, 2.75) is 79.1 Å². The Kier molecular flexibility index (Phi) is 7.98. The maximum Gasteiger partial charge on any atom is 0.158 e. The number of nitrogens with zero attached hydrogens (tertiary/aromatic N) is 3. The van der Waals surface area contributed by atoms with Crippen molar-refractivity contribution in [3.63, 3.8) is 0 Å². The zero-order valence-corrected chi connectivity index (χ0v) is 26.8. The van der Waals surface area contributed by atoms with E-state index < -0.39 is 0 Å². The summed E-state index contributed by atoms with van der Waals surface area (Å²) in [6, 6.07) is 31.7. The molecule has 3 heteroatoms. The fourth-order valence-corrected chi connectivity index (χ4v) is 5.64. The van der Waals surface area contributed by atoms with Crippen molar-refractivity contribution in [1.29, 1.82) is 0 Å². The van der Waals surface area contributed by atoms with Gasteiger partial charge in [0.1, 0.15) is 0 Å². The fraction of sp³-hybridized carbons (Fsp3) is 0.333. The molecule has 1 aromatic heterocycles. The van der Waals surface area contributed by atoms with Gasteiger partial charge < -0.3 is 0 Å². The Morgan fingerprint density at radius 2 is 1.12 bits per heavy atom. The van der Waals surface area contributed by atoms with Crippen LogP contribution in [0.4, 0.5) is 0 Å². The van der Waals surface area contributed by atoms with Gasteiger partial charge in [0.25, 0.3) is 0 Å². The Morgan fingerprint density at radius 1 is 0.619 bits per heavy atom. The highest BCUT2D eigenvalue weighted by Crippen LogP contribution is 2.39. The molecular formula is C39H45N3. The van der Waals surface area contributed by atoms with Crippen LogP contribution in [0.1, 0.15) is 77.4 Å². The van der Waals surface area contributed by atoms with Gasteiger partial charge in [-0.2, -0.15) is 5.10 Å². The van der Waals surface area contributed by atoms with Crippen LogP contribution in [0.2, 0.25) is 0 Å². The van der Waals surface area contributed by atoms with E-state index in [1.807, 2.05) is 11.7 Å². The largest absolute Gasteiger partial charge is 0.249 e. The molecule has 0 bridgehead atoms. The molecule has 42 heavy (non-hydrogen) atoms. The van der Waals surface area contributed by atoms with Gasteiger partial charge in [-0.1, -0.05) is 115 Å². The molecule has 5 aromatic rings. The summed E-state index contributed by atoms with van der Waals surface area (Å²) in [5.41, 5.74) is 12.7. The first-order valence-corrected chi connectivity index (χ1v) is 15.2. The number of aryl methyl sites for hydroxylation is 2. The summed E-state index contributed by atoms with van der Waals surface area (Å²) in [6.45, 7) is 18.0. The molecule has 0 radical (unpaired) electrons. The predicted octanol–water partition coefficient (Wildman–Crippen LogP) is 10.3. The first kappa shape index (κ1) is 29.5. The SMILES string of the molecule is CCCc1nc(-c2cccc(-c3cc(-c4ccc(C(C)(C)C)cc4)c(C)c(-c4ccc(C(C)(C)C)cc4)c3)c2)n(C)n1. The van der Waals surface area contributed by atoms with Crippen LogP contribution in [0, 0.1) is 6.92 Å². The summed E-state index contributed by atoms with van der Waals surface area (Å²) in [5, 5.41) is 4.65. The van der Waals surface area contributed by atoms with Gasteiger partial charge in [-0.25, -0.2) is 9.67 Å². The van der Waals surface area contributed by atoms with Crippen molar-refractivity contribution in [3.8, 4) is 44.8 Å². The predicted molar refractivity (Wildman–Crippen MR) is 179 cm³/mol. The second-order valence-electron chi connectivity index (χ2n) is 13.7. The lowest BCUT2D eigenvalue weighted by atomic mass is 9.83. The topological polar surface area (TPSA) is 30.7 Å². The molecule has 1 heterocycles. The number of benzene rings is 4. The molecule has 0 aliphatic carbocycles. The average molecular weight is 556 g/mol. The Hall–Kier alpha value is -3.98. The van der Waals surface area contributed by atoms with Crippen molar-refractivity contribution in [3.05, 3.63) is 107 Å². The molecule has 0 saturated carbocycles. The van der Waals surface area contributed by atoms with Crippen LogP contribution in [-0.2, 0) is 24.3 Å². The van der Waals surface area contributed by atoms with Crippen LogP contribution in [0.3, 0.4) is 0 Å². The van der Waals surface area contributed by atoms with Crippen LogP contribution in [-0.4, -0.2) is 14.8 Å². The lowest BCUT2D eigenvalue weighted by molar-refractivity contribution is 0.590. The molecule has 216 valence electrons. The highest BCUT2D eigenvalue weighted by atomic mass is 15.3. The highest BCUT2D eigenvalue weighted by Gasteiger charge is 2.18. The van der Waals surface area contributed by atoms with Crippen molar-refractivity contribution < 1.29 is 0 Å². The van der Waals surface area contributed by atoms with E-state index in [1.54, 1.807) is 0 Å². The summed E-state index contributed by atoms with van der Waals surface area (Å²) in [6.07, 6.45) is 1.92. The zero-order chi connectivity index (χ0) is 30.2. The molecule has 4 aromatic carbocycles. The molecule has 0 spiro atoms. The first-order valence-electron chi connectivity index (χ1n) is 15.2. The molecule has 3 nitrogen and oxygen atoms in total. The van der Waals surface area contributed by atoms with E-state index in [9.17, 15) is 0 Å². The van der Waals surface area contributed by atoms with Gasteiger partial charge in [0.2, 0.25) is 0 Å². The van der Waals surface area contributed by atoms with E-state index in [0.717, 1.165) is 30.1 Å². The normalized spacial score (nSPS) is 12.1. The van der Waals surface area contributed by atoms with Crippen LogP contribution < -0.4 is 0 Å². The van der Waals surface area contributed by atoms with Crippen molar-refractivity contribution >= 4 is 0 Å². The summed E-state index contributed by atoms with van der Waals surface area (Å²) in [4.78, 5) is 4.86. The molecule has 0 amide bonds. The van der Waals surface area contributed by atoms with Gasteiger partial charge in [0.05, 0.1) is 0 Å². The third kappa shape index (κ3) is 6.11. The molecule has 0 aliphatic heterocycles. The summed E-state index contributed by atoms with van der Waals surface area (Å²) in [7, 11) is 1.98. The minimum absolute atomic E-state index is 0.118. The third-order valence-electron chi connectivity index (χ3n) is 8.27. The van der Waals surface area contributed by atoms with E-state index in [1.165, 1.54) is 50.1 Å². The molecular weight excluding hydrogens is 510 g/mol. The van der Waals surface area contributed by atoms with E-state index in [2.05, 4.69) is 145 Å². The third-order valence-corrected chi connectivity index (χ3v) is 8.27. The Bertz CT molecular complexity index is 1610. The van der Waals surface area contributed by atoms with E-state index in [4.69, 9.17) is 4.98 Å². The van der Waals surface area contributed by atoms with Gasteiger partial charge in [-0.15, -0.1) is 0 Å². The minimum atomic E-state index is 0.118. The molecule has 0 aliphatic rings. The van der Waals surface area contributed by atoms with Crippen LogP contribution in [0.5, 0.6) is 0 Å². The average Bonchev–Trinajstić information content (AvgIpc) is 3.32. The van der Waals surface area contributed by atoms with Gasteiger partial charge in [-0.3, -0.25) is 0 Å². The Labute approximate surface area is 252 Å². The fourth-order valence-electron chi connectivity index (χ4n) is 5.64. The minimum Gasteiger partial charge on any atom is -0.249 e. The van der Waals surface area contributed by atoms with Crippen molar-refractivity contribution in [1.82, 2.24) is 14.8 Å². The standard InChI is InChI=1S/C39H45N3/c1-10-12-36-40-37(42(9)41-36)30-14-11-13-29(23-30)31-24-34(27-15-19-32(20-16-27)38(3,4)5)26(2)35(25-31)28-17-21-33(22-18-28)39(6,7)8/h11,13-25H,10,12H2,1-9H3. The van der Waals surface area contributed by atoms with E-state index >= 15 is 0 Å². The molecule has 5 rings (SSSR count).